The van der Waals surface area contributed by atoms with Gasteiger partial charge in [0.1, 0.15) is 0 Å². The van der Waals surface area contributed by atoms with Gasteiger partial charge in [-0.3, -0.25) is 4.90 Å². The molecule has 0 bridgehead atoms. The molecule has 4 heteroatoms. The maximum Gasteiger partial charge on any atom is 0.168 e. The molecule has 4 nitrogen and oxygen atoms in total. The maximum atomic E-state index is 6.16. The number of nitrogens with two attached hydrogens (primary N) is 1. The fourth-order valence-electron chi connectivity index (χ4n) is 4.13. The molecule has 1 spiro atoms. The van der Waals surface area contributed by atoms with Crippen molar-refractivity contribution < 1.29 is 9.47 Å². The van der Waals surface area contributed by atoms with E-state index in [-0.39, 0.29) is 5.79 Å². The van der Waals surface area contributed by atoms with E-state index in [2.05, 4.69) is 17.0 Å². The third-order valence-corrected chi connectivity index (χ3v) is 5.39. The summed E-state index contributed by atoms with van der Waals surface area (Å²) in [6, 6.07) is 6.97. The van der Waals surface area contributed by atoms with E-state index in [0.717, 1.165) is 51.3 Å². The summed E-state index contributed by atoms with van der Waals surface area (Å²) >= 11 is 0. The van der Waals surface area contributed by atoms with Crippen molar-refractivity contribution in [2.75, 3.05) is 25.5 Å². The Labute approximate surface area is 126 Å². The van der Waals surface area contributed by atoms with Crippen LogP contribution in [0.4, 0.5) is 5.69 Å². The van der Waals surface area contributed by atoms with Crippen LogP contribution in [0.3, 0.4) is 0 Å². The molecule has 0 atom stereocenters. The Balaban J connectivity index is 1.43. The minimum absolute atomic E-state index is 0.247. The van der Waals surface area contributed by atoms with Gasteiger partial charge in [0, 0.05) is 37.7 Å². The number of ether oxygens (including phenoxy) is 2. The van der Waals surface area contributed by atoms with Crippen LogP contribution in [0.5, 0.6) is 0 Å². The molecule has 114 valence electrons. The summed E-state index contributed by atoms with van der Waals surface area (Å²) in [5.74, 6) is -0.247. The molecule has 21 heavy (non-hydrogen) atoms. The van der Waals surface area contributed by atoms with Gasteiger partial charge in [0.15, 0.2) is 5.79 Å². The highest BCUT2D eigenvalue weighted by atomic mass is 16.7. The standard InChI is InChI=1S/C17H24N2O2/c18-16-3-1-2-13-6-9-19(12-15(13)16)14-4-7-17(8-5-14)20-10-11-21-17/h1-3,14H,4-12,18H2. The molecule has 2 fully saturated rings. The van der Waals surface area contributed by atoms with Crippen LogP contribution >= 0.6 is 0 Å². The second-order valence-electron chi connectivity index (χ2n) is 6.54. The largest absolute Gasteiger partial charge is 0.398 e. The molecule has 0 aromatic heterocycles. The molecular formula is C17H24N2O2. The second-order valence-corrected chi connectivity index (χ2v) is 6.54. The molecule has 1 aromatic rings. The summed E-state index contributed by atoms with van der Waals surface area (Å²) in [4.78, 5) is 2.61. The highest BCUT2D eigenvalue weighted by Crippen LogP contribution is 2.38. The molecule has 0 radical (unpaired) electrons. The van der Waals surface area contributed by atoms with E-state index in [4.69, 9.17) is 15.2 Å². The lowest BCUT2D eigenvalue weighted by Gasteiger charge is -2.42. The number of rotatable bonds is 1. The predicted octanol–water partition coefficient (Wildman–Crippen LogP) is 2.31. The van der Waals surface area contributed by atoms with Crippen molar-refractivity contribution in [1.29, 1.82) is 0 Å². The zero-order valence-corrected chi connectivity index (χ0v) is 12.5. The fraction of sp³-hybridized carbons (Fsp3) is 0.647. The highest BCUT2D eigenvalue weighted by molar-refractivity contribution is 5.51. The highest BCUT2D eigenvalue weighted by Gasteiger charge is 2.41. The smallest absolute Gasteiger partial charge is 0.168 e. The first-order valence-corrected chi connectivity index (χ1v) is 8.14. The van der Waals surface area contributed by atoms with Crippen LogP contribution in [0.25, 0.3) is 0 Å². The van der Waals surface area contributed by atoms with Gasteiger partial charge < -0.3 is 15.2 Å². The third-order valence-electron chi connectivity index (χ3n) is 5.39. The molecular weight excluding hydrogens is 264 g/mol. The monoisotopic (exact) mass is 288 g/mol. The number of nitrogens with zero attached hydrogens (tertiary/aromatic N) is 1. The molecule has 2 N–H and O–H groups in total. The molecule has 0 unspecified atom stereocenters. The van der Waals surface area contributed by atoms with E-state index in [1.54, 1.807) is 0 Å². The van der Waals surface area contributed by atoms with Crippen molar-refractivity contribution in [3.05, 3.63) is 29.3 Å². The summed E-state index contributed by atoms with van der Waals surface area (Å²) in [7, 11) is 0. The van der Waals surface area contributed by atoms with Gasteiger partial charge >= 0.3 is 0 Å². The van der Waals surface area contributed by atoms with Gasteiger partial charge in [-0.15, -0.1) is 0 Å². The van der Waals surface area contributed by atoms with Crippen LogP contribution in [0.15, 0.2) is 18.2 Å². The Morgan fingerprint density at radius 1 is 1.14 bits per heavy atom. The van der Waals surface area contributed by atoms with E-state index in [0.29, 0.717) is 6.04 Å². The Morgan fingerprint density at radius 3 is 2.67 bits per heavy atom. The van der Waals surface area contributed by atoms with Crippen molar-refractivity contribution in [2.45, 2.75) is 50.5 Å². The van der Waals surface area contributed by atoms with Gasteiger partial charge in [0.2, 0.25) is 0 Å². The second kappa shape index (κ2) is 5.27. The van der Waals surface area contributed by atoms with Crippen LogP contribution in [-0.2, 0) is 22.4 Å². The average molecular weight is 288 g/mol. The average Bonchev–Trinajstić information content (AvgIpc) is 2.97. The van der Waals surface area contributed by atoms with Crippen LogP contribution in [0.1, 0.15) is 36.8 Å². The van der Waals surface area contributed by atoms with Gasteiger partial charge in [-0.2, -0.15) is 0 Å². The molecule has 4 rings (SSSR count). The first-order valence-electron chi connectivity index (χ1n) is 8.14. The number of hydrogen-bond donors (Lipinski definition) is 1. The lowest BCUT2D eigenvalue weighted by Crippen LogP contribution is -2.46. The predicted molar refractivity (Wildman–Crippen MR) is 81.9 cm³/mol. The molecule has 0 amide bonds. The maximum absolute atomic E-state index is 6.16. The minimum Gasteiger partial charge on any atom is -0.398 e. The van der Waals surface area contributed by atoms with E-state index >= 15 is 0 Å². The zero-order chi connectivity index (χ0) is 14.3. The summed E-state index contributed by atoms with van der Waals surface area (Å²) in [6.07, 6.45) is 5.52. The summed E-state index contributed by atoms with van der Waals surface area (Å²) in [6.45, 7) is 3.67. The van der Waals surface area contributed by atoms with E-state index in [1.165, 1.54) is 24.0 Å². The van der Waals surface area contributed by atoms with Gasteiger partial charge in [-0.25, -0.2) is 0 Å². The number of benzene rings is 1. The molecule has 2 heterocycles. The SMILES string of the molecule is Nc1cccc2c1CN(C1CCC3(CC1)OCCO3)CC2. The first-order chi connectivity index (χ1) is 10.3. The van der Waals surface area contributed by atoms with Crippen molar-refractivity contribution in [2.24, 2.45) is 0 Å². The number of anilines is 1. The Hall–Kier alpha value is -1.10. The molecule has 1 saturated carbocycles. The third kappa shape index (κ3) is 2.45. The summed E-state index contributed by atoms with van der Waals surface area (Å²) in [5, 5.41) is 0. The number of hydrogen-bond acceptors (Lipinski definition) is 4. The molecule has 1 saturated heterocycles. The van der Waals surface area contributed by atoms with Crippen molar-refractivity contribution in [1.82, 2.24) is 4.90 Å². The summed E-state index contributed by atoms with van der Waals surface area (Å²) < 4.78 is 11.7. The van der Waals surface area contributed by atoms with Gasteiger partial charge in [-0.05, 0) is 36.5 Å². The van der Waals surface area contributed by atoms with Crippen molar-refractivity contribution in [3.63, 3.8) is 0 Å². The van der Waals surface area contributed by atoms with Gasteiger partial charge in [-0.1, -0.05) is 12.1 Å². The van der Waals surface area contributed by atoms with Crippen LogP contribution in [0, 0.1) is 0 Å². The van der Waals surface area contributed by atoms with E-state index in [1.807, 2.05) is 6.07 Å². The van der Waals surface area contributed by atoms with Gasteiger partial charge in [0.25, 0.3) is 0 Å². The lowest BCUT2D eigenvalue weighted by molar-refractivity contribution is -0.184. The molecule has 1 aliphatic carbocycles. The van der Waals surface area contributed by atoms with Gasteiger partial charge in [0.05, 0.1) is 13.2 Å². The lowest BCUT2D eigenvalue weighted by atomic mass is 9.87. The van der Waals surface area contributed by atoms with Crippen LogP contribution in [-0.4, -0.2) is 36.5 Å². The Kier molecular flexibility index (Phi) is 3.40. The normalized spacial score (nSPS) is 26.1. The van der Waals surface area contributed by atoms with Crippen LogP contribution < -0.4 is 5.73 Å². The molecule has 2 aliphatic heterocycles. The quantitative estimate of drug-likeness (QED) is 0.806. The van der Waals surface area contributed by atoms with Crippen molar-refractivity contribution >= 4 is 5.69 Å². The van der Waals surface area contributed by atoms with E-state index in [9.17, 15) is 0 Å². The van der Waals surface area contributed by atoms with E-state index < -0.39 is 0 Å². The minimum atomic E-state index is -0.247. The zero-order valence-electron chi connectivity index (χ0n) is 12.5. The number of nitrogen functional groups attached to an aromatic ring is 1. The first kappa shape index (κ1) is 13.6. The van der Waals surface area contributed by atoms with Crippen LogP contribution in [0.2, 0.25) is 0 Å². The Bertz CT molecular complexity index is 516. The number of fused-ring (bicyclic) bond motifs is 1. The Morgan fingerprint density at radius 2 is 1.90 bits per heavy atom. The molecule has 1 aromatic carbocycles. The topological polar surface area (TPSA) is 47.7 Å². The van der Waals surface area contributed by atoms with Crippen molar-refractivity contribution in [3.8, 4) is 0 Å². The fourth-order valence-corrected chi connectivity index (χ4v) is 4.13. The summed E-state index contributed by atoms with van der Waals surface area (Å²) in [5.41, 5.74) is 9.89. The molecule has 3 aliphatic rings.